The lowest BCUT2D eigenvalue weighted by atomic mass is 10.0. The second-order valence-electron chi connectivity index (χ2n) is 6.30. The Balaban J connectivity index is 1.68. The number of methoxy groups -OCH3 is 1. The zero-order valence-corrected chi connectivity index (χ0v) is 14.9. The number of benzene rings is 1. The van der Waals surface area contributed by atoms with Crippen molar-refractivity contribution in [2.24, 2.45) is 0 Å². The minimum Gasteiger partial charge on any atom is -0.491 e. The van der Waals surface area contributed by atoms with Crippen LogP contribution in [0.25, 0.3) is 0 Å². The van der Waals surface area contributed by atoms with Crippen LogP contribution in [0.1, 0.15) is 35.1 Å². The Morgan fingerprint density at radius 3 is 3.00 bits per heavy atom. The van der Waals surface area contributed by atoms with Crippen molar-refractivity contribution in [3.63, 3.8) is 0 Å². The van der Waals surface area contributed by atoms with E-state index in [1.54, 1.807) is 7.11 Å². The quantitative estimate of drug-likeness (QED) is 0.757. The summed E-state index contributed by atoms with van der Waals surface area (Å²) in [4.78, 5) is 19.1. The van der Waals surface area contributed by atoms with Crippen LogP contribution in [0.2, 0.25) is 0 Å². The normalized spacial score (nSPS) is 17.5. The molecule has 0 bridgehead atoms. The number of carbonyl (C=O) groups is 1. The molecule has 1 amide bonds. The minimum atomic E-state index is 0.0552. The maximum atomic E-state index is 12.9. The Labute approximate surface area is 148 Å². The first-order valence-electron chi connectivity index (χ1n) is 8.69. The number of carbonyl (C=O) groups excluding carboxylic acids is 1. The van der Waals surface area contributed by atoms with Gasteiger partial charge in [-0.1, -0.05) is 6.07 Å². The molecule has 134 valence electrons. The van der Waals surface area contributed by atoms with E-state index in [1.807, 2.05) is 48.5 Å². The van der Waals surface area contributed by atoms with Crippen LogP contribution in [0.5, 0.6) is 5.75 Å². The lowest BCUT2D eigenvalue weighted by molar-refractivity contribution is 0.0677. The van der Waals surface area contributed by atoms with E-state index in [0.717, 1.165) is 25.2 Å². The Hall–Kier alpha value is -2.34. The van der Waals surface area contributed by atoms with Crippen LogP contribution in [0, 0.1) is 6.92 Å². The summed E-state index contributed by atoms with van der Waals surface area (Å²) < 4.78 is 12.8. The highest BCUT2D eigenvalue weighted by molar-refractivity contribution is 5.94. The van der Waals surface area contributed by atoms with E-state index in [1.165, 1.54) is 0 Å². The molecule has 1 aliphatic heterocycles. The Morgan fingerprint density at radius 2 is 2.24 bits per heavy atom. The monoisotopic (exact) mass is 343 g/mol. The van der Waals surface area contributed by atoms with Crippen LogP contribution in [0.3, 0.4) is 0 Å². The van der Waals surface area contributed by atoms with Gasteiger partial charge in [0.05, 0.1) is 12.6 Å². The average Bonchev–Trinajstić information content (AvgIpc) is 3.08. The highest BCUT2D eigenvalue weighted by Gasteiger charge is 2.26. The predicted molar refractivity (Wildman–Crippen MR) is 95.0 cm³/mol. The molecule has 2 aromatic rings. The van der Waals surface area contributed by atoms with Crippen molar-refractivity contribution < 1.29 is 14.3 Å². The molecule has 0 N–H and O–H groups in total. The molecule has 3 rings (SSSR count). The van der Waals surface area contributed by atoms with Crippen molar-refractivity contribution in [2.45, 2.75) is 25.8 Å². The number of piperidine rings is 1. The molecule has 6 nitrogen and oxygen atoms in total. The number of amides is 1. The number of imidazole rings is 1. The summed E-state index contributed by atoms with van der Waals surface area (Å²) >= 11 is 0. The van der Waals surface area contributed by atoms with Crippen molar-refractivity contribution in [3.8, 4) is 5.75 Å². The maximum absolute atomic E-state index is 12.9. The fraction of sp³-hybridized carbons (Fsp3) is 0.474. The number of rotatable bonds is 6. The molecule has 6 heteroatoms. The molecule has 1 aliphatic rings. The molecule has 1 aromatic heterocycles. The maximum Gasteiger partial charge on any atom is 0.254 e. The topological polar surface area (TPSA) is 56.6 Å². The number of ether oxygens (including phenoxy) is 2. The van der Waals surface area contributed by atoms with Crippen molar-refractivity contribution in [1.82, 2.24) is 14.5 Å². The van der Waals surface area contributed by atoms with Crippen molar-refractivity contribution >= 4 is 5.91 Å². The number of hydrogen-bond donors (Lipinski definition) is 0. The van der Waals surface area contributed by atoms with Gasteiger partial charge in [0, 0.05) is 38.2 Å². The summed E-state index contributed by atoms with van der Waals surface area (Å²) in [5.41, 5.74) is 0.665. The molecule has 0 radical (unpaired) electrons. The fourth-order valence-electron chi connectivity index (χ4n) is 3.28. The highest BCUT2D eigenvalue weighted by Crippen LogP contribution is 2.24. The lowest BCUT2D eigenvalue weighted by Gasteiger charge is -2.34. The molecule has 1 fully saturated rings. The summed E-state index contributed by atoms with van der Waals surface area (Å²) in [5, 5.41) is 0. The molecular formula is C19H25N3O3. The van der Waals surface area contributed by atoms with Crippen LogP contribution in [-0.2, 0) is 4.74 Å². The number of aromatic nitrogens is 2. The van der Waals surface area contributed by atoms with Gasteiger partial charge in [-0.15, -0.1) is 0 Å². The van der Waals surface area contributed by atoms with Gasteiger partial charge in [-0.25, -0.2) is 4.98 Å². The first-order chi connectivity index (χ1) is 12.2. The van der Waals surface area contributed by atoms with Crippen LogP contribution in [0.15, 0.2) is 36.7 Å². The van der Waals surface area contributed by atoms with Gasteiger partial charge in [0.15, 0.2) is 0 Å². The van der Waals surface area contributed by atoms with Crippen molar-refractivity contribution in [3.05, 3.63) is 48.0 Å². The number of aryl methyl sites for hydroxylation is 1. The van der Waals surface area contributed by atoms with Crippen LogP contribution >= 0.6 is 0 Å². The number of hydrogen-bond acceptors (Lipinski definition) is 4. The summed E-state index contributed by atoms with van der Waals surface area (Å²) in [6.07, 6.45) is 5.88. The molecule has 1 atom stereocenters. The average molecular weight is 343 g/mol. The Kier molecular flexibility index (Phi) is 5.71. The first-order valence-corrected chi connectivity index (χ1v) is 8.69. The number of nitrogens with zero attached hydrogens (tertiary/aromatic N) is 3. The zero-order chi connectivity index (χ0) is 17.6. The van der Waals surface area contributed by atoms with E-state index >= 15 is 0 Å². The molecule has 1 aromatic carbocycles. The molecule has 0 unspecified atom stereocenters. The van der Waals surface area contributed by atoms with E-state index in [4.69, 9.17) is 9.47 Å². The van der Waals surface area contributed by atoms with Crippen LogP contribution in [-0.4, -0.2) is 53.8 Å². The van der Waals surface area contributed by atoms with Gasteiger partial charge < -0.3 is 18.9 Å². The second kappa shape index (κ2) is 8.16. The third-order valence-electron chi connectivity index (χ3n) is 4.58. The van der Waals surface area contributed by atoms with E-state index in [2.05, 4.69) is 9.55 Å². The lowest BCUT2D eigenvalue weighted by Crippen LogP contribution is -2.40. The number of likely N-dealkylation sites (tertiary alicyclic amines) is 1. The molecule has 0 spiro atoms. The van der Waals surface area contributed by atoms with Crippen molar-refractivity contribution in [2.75, 3.05) is 33.4 Å². The van der Waals surface area contributed by atoms with Crippen LogP contribution < -0.4 is 4.74 Å². The Bertz CT molecular complexity index is 713. The van der Waals surface area contributed by atoms with Gasteiger partial charge in [-0.3, -0.25) is 4.79 Å². The van der Waals surface area contributed by atoms with E-state index in [-0.39, 0.29) is 5.91 Å². The van der Waals surface area contributed by atoms with E-state index in [9.17, 15) is 4.79 Å². The third kappa shape index (κ3) is 4.20. The molecule has 1 saturated heterocycles. The van der Waals surface area contributed by atoms with Gasteiger partial charge >= 0.3 is 0 Å². The van der Waals surface area contributed by atoms with E-state index in [0.29, 0.717) is 37.1 Å². The summed E-state index contributed by atoms with van der Waals surface area (Å²) in [7, 11) is 1.64. The summed E-state index contributed by atoms with van der Waals surface area (Å²) in [5.74, 6) is 1.74. The molecular weight excluding hydrogens is 318 g/mol. The van der Waals surface area contributed by atoms with Crippen LogP contribution in [0.4, 0.5) is 0 Å². The molecule has 0 aliphatic carbocycles. The zero-order valence-electron chi connectivity index (χ0n) is 14.9. The van der Waals surface area contributed by atoms with Gasteiger partial charge in [0.2, 0.25) is 0 Å². The van der Waals surface area contributed by atoms with Gasteiger partial charge in [-0.2, -0.15) is 0 Å². The standard InChI is InChI=1S/C19H25N3O3/c1-15-20-8-10-22(15)17-6-4-9-21(14-17)19(23)16-5-3-7-18(13-16)25-12-11-24-2/h3,5,7-8,10,13,17H,4,6,9,11-12,14H2,1-2H3/t17-/m1/s1. The highest BCUT2D eigenvalue weighted by atomic mass is 16.5. The van der Waals surface area contributed by atoms with E-state index < -0.39 is 0 Å². The summed E-state index contributed by atoms with van der Waals surface area (Å²) in [6, 6.07) is 7.67. The smallest absolute Gasteiger partial charge is 0.254 e. The third-order valence-corrected chi connectivity index (χ3v) is 4.58. The minimum absolute atomic E-state index is 0.0552. The molecule has 2 heterocycles. The largest absolute Gasteiger partial charge is 0.491 e. The molecule has 25 heavy (non-hydrogen) atoms. The first kappa shape index (κ1) is 17.5. The Morgan fingerprint density at radius 1 is 1.36 bits per heavy atom. The van der Waals surface area contributed by atoms with Gasteiger partial charge in [0.1, 0.15) is 18.2 Å². The SMILES string of the molecule is COCCOc1cccc(C(=O)N2CCC[C@@H](n3ccnc3C)C2)c1. The molecule has 0 saturated carbocycles. The second-order valence-corrected chi connectivity index (χ2v) is 6.30. The van der Waals surface area contributed by atoms with Crippen molar-refractivity contribution in [1.29, 1.82) is 0 Å². The summed E-state index contributed by atoms with van der Waals surface area (Å²) in [6.45, 7) is 4.50. The predicted octanol–water partition coefficient (Wildman–Crippen LogP) is 2.69. The van der Waals surface area contributed by atoms with Gasteiger partial charge in [-0.05, 0) is 38.0 Å². The fourth-order valence-corrected chi connectivity index (χ4v) is 3.28. The van der Waals surface area contributed by atoms with Gasteiger partial charge in [0.25, 0.3) is 5.91 Å².